The largest absolute Gasteiger partial charge is 0.482 e. The number of fused-ring (bicyclic) bond motifs is 1. The van der Waals surface area contributed by atoms with Gasteiger partial charge in [0.2, 0.25) is 15.9 Å². The number of sulfonamides is 1. The number of rotatable bonds is 4. The SMILES string of the molecule is Cc1cc(F)ccc1NC(=O)C1CCN(S(=O)(=O)c2cc3c(cc2C)NC(=O)CO3)CC1. The van der Waals surface area contributed by atoms with Gasteiger partial charge in [-0.05, 0) is 62.1 Å². The van der Waals surface area contributed by atoms with Crippen molar-refractivity contribution < 1.29 is 27.1 Å². The molecule has 10 heteroatoms. The van der Waals surface area contributed by atoms with Gasteiger partial charge in [0.1, 0.15) is 11.6 Å². The molecule has 2 N–H and O–H groups in total. The lowest BCUT2D eigenvalue weighted by molar-refractivity contribution is -0.121. The molecule has 1 saturated heterocycles. The molecular formula is C22H24FN3O5S. The smallest absolute Gasteiger partial charge is 0.262 e. The lowest BCUT2D eigenvalue weighted by Gasteiger charge is -2.31. The molecule has 2 heterocycles. The second-order valence-electron chi connectivity index (χ2n) is 8.08. The predicted octanol–water partition coefficient (Wildman–Crippen LogP) is 2.81. The van der Waals surface area contributed by atoms with Crippen LogP contribution in [0.15, 0.2) is 35.2 Å². The Labute approximate surface area is 185 Å². The first kappa shape index (κ1) is 22.2. The van der Waals surface area contributed by atoms with E-state index in [1.54, 1.807) is 19.9 Å². The zero-order valence-corrected chi connectivity index (χ0v) is 18.6. The summed E-state index contributed by atoms with van der Waals surface area (Å²) in [5.41, 5.74) is 2.12. The number of carbonyl (C=O) groups is 2. The number of benzene rings is 2. The highest BCUT2D eigenvalue weighted by atomic mass is 32.2. The molecule has 0 radical (unpaired) electrons. The summed E-state index contributed by atoms with van der Waals surface area (Å²) in [6.45, 7) is 3.63. The molecule has 0 atom stereocenters. The predicted molar refractivity (Wildman–Crippen MR) is 117 cm³/mol. The van der Waals surface area contributed by atoms with Crippen LogP contribution in [0.25, 0.3) is 0 Å². The van der Waals surface area contributed by atoms with Gasteiger partial charge in [-0.3, -0.25) is 9.59 Å². The standard InChI is InChI=1S/C22H24FN3O5S/c1-13-9-16(23)3-4-17(13)25-22(28)15-5-7-26(8-6-15)32(29,30)20-11-19-18(10-14(20)2)24-21(27)12-31-19/h3-4,9-11,15H,5-8,12H2,1-2H3,(H,24,27)(H,25,28). The third-order valence-corrected chi connectivity index (χ3v) is 7.84. The number of amides is 2. The van der Waals surface area contributed by atoms with Crippen LogP contribution in [0.5, 0.6) is 5.75 Å². The number of hydrogen-bond donors (Lipinski definition) is 2. The van der Waals surface area contributed by atoms with E-state index in [1.165, 1.54) is 28.6 Å². The van der Waals surface area contributed by atoms with E-state index in [0.29, 0.717) is 41.1 Å². The van der Waals surface area contributed by atoms with Gasteiger partial charge in [0.05, 0.1) is 10.6 Å². The van der Waals surface area contributed by atoms with Crippen molar-refractivity contribution in [3.05, 3.63) is 47.3 Å². The minimum Gasteiger partial charge on any atom is -0.482 e. The lowest BCUT2D eigenvalue weighted by Crippen LogP contribution is -2.41. The molecule has 2 aromatic carbocycles. The number of hydrogen-bond acceptors (Lipinski definition) is 5. The zero-order valence-electron chi connectivity index (χ0n) is 17.8. The zero-order chi connectivity index (χ0) is 23.0. The molecule has 32 heavy (non-hydrogen) atoms. The van der Waals surface area contributed by atoms with Crippen molar-refractivity contribution in [2.75, 3.05) is 30.3 Å². The third-order valence-electron chi connectivity index (χ3n) is 5.80. The molecule has 4 rings (SSSR count). The van der Waals surface area contributed by atoms with Gasteiger partial charge in [0.25, 0.3) is 5.91 Å². The monoisotopic (exact) mass is 461 g/mol. The fourth-order valence-corrected chi connectivity index (χ4v) is 5.69. The molecule has 2 amide bonds. The van der Waals surface area contributed by atoms with Crippen molar-refractivity contribution in [1.29, 1.82) is 0 Å². The van der Waals surface area contributed by atoms with Crippen LogP contribution in [0.3, 0.4) is 0 Å². The van der Waals surface area contributed by atoms with Gasteiger partial charge in [-0.15, -0.1) is 0 Å². The Bertz CT molecular complexity index is 1190. The Morgan fingerprint density at radius 3 is 2.56 bits per heavy atom. The Morgan fingerprint density at radius 1 is 1.16 bits per heavy atom. The fourth-order valence-electron chi connectivity index (χ4n) is 3.99. The highest BCUT2D eigenvalue weighted by molar-refractivity contribution is 7.89. The molecule has 0 aliphatic carbocycles. The summed E-state index contributed by atoms with van der Waals surface area (Å²) in [5, 5.41) is 5.48. The van der Waals surface area contributed by atoms with Crippen molar-refractivity contribution in [2.45, 2.75) is 31.6 Å². The number of nitrogens with one attached hydrogen (secondary N) is 2. The molecule has 8 nitrogen and oxygen atoms in total. The number of nitrogens with zero attached hydrogens (tertiary/aromatic N) is 1. The molecule has 2 aliphatic heterocycles. The van der Waals surface area contributed by atoms with Crippen LogP contribution >= 0.6 is 0 Å². The Morgan fingerprint density at radius 2 is 1.88 bits per heavy atom. The minimum atomic E-state index is -3.79. The summed E-state index contributed by atoms with van der Waals surface area (Å²) in [6.07, 6.45) is 0.754. The van der Waals surface area contributed by atoms with E-state index >= 15 is 0 Å². The molecule has 2 aromatic rings. The topological polar surface area (TPSA) is 105 Å². The maximum atomic E-state index is 13.3. The highest BCUT2D eigenvalue weighted by Crippen LogP contribution is 2.35. The van der Waals surface area contributed by atoms with E-state index in [2.05, 4.69) is 10.6 Å². The Balaban J connectivity index is 1.44. The first-order valence-electron chi connectivity index (χ1n) is 10.3. The van der Waals surface area contributed by atoms with Crippen molar-refractivity contribution in [2.24, 2.45) is 5.92 Å². The van der Waals surface area contributed by atoms with Crippen molar-refractivity contribution in [1.82, 2.24) is 4.31 Å². The van der Waals surface area contributed by atoms with Gasteiger partial charge < -0.3 is 15.4 Å². The van der Waals surface area contributed by atoms with Crippen LogP contribution in [-0.4, -0.2) is 44.2 Å². The average molecular weight is 462 g/mol. The number of ether oxygens (including phenoxy) is 1. The molecule has 0 aromatic heterocycles. The maximum absolute atomic E-state index is 13.3. The van der Waals surface area contributed by atoms with Crippen LogP contribution in [0.4, 0.5) is 15.8 Å². The molecular weight excluding hydrogens is 437 g/mol. The van der Waals surface area contributed by atoms with Gasteiger partial charge in [0.15, 0.2) is 6.61 Å². The Hall–Kier alpha value is -2.98. The van der Waals surface area contributed by atoms with E-state index in [0.717, 1.165) is 0 Å². The normalized spacial score (nSPS) is 17.3. The third kappa shape index (κ3) is 4.33. The molecule has 0 saturated carbocycles. The molecule has 0 unspecified atom stereocenters. The highest BCUT2D eigenvalue weighted by Gasteiger charge is 2.34. The fraction of sp³-hybridized carbons (Fsp3) is 0.364. The Kier molecular flexibility index (Phi) is 5.91. The molecule has 1 fully saturated rings. The van der Waals surface area contributed by atoms with Crippen LogP contribution in [0, 0.1) is 25.6 Å². The van der Waals surface area contributed by atoms with Crippen LogP contribution < -0.4 is 15.4 Å². The maximum Gasteiger partial charge on any atom is 0.262 e. The van der Waals surface area contributed by atoms with Crippen molar-refractivity contribution in [3.63, 3.8) is 0 Å². The van der Waals surface area contributed by atoms with E-state index in [9.17, 15) is 22.4 Å². The quantitative estimate of drug-likeness (QED) is 0.729. The second-order valence-corrected chi connectivity index (χ2v) is 9.98. The number of anilines is 2. The number of halogens is 1. The first-order chi connectivity index (χ1) is 15.1. The summed E-state index contributed by atoms with van der Waals surface area (Å²) in [4.78, 5) is 24.3. The summed E-state index contributed by atoms with van der Waals surface area (Å²) in [7, 11) is -3.79. The van der Waals surface area contributed by atoms with Gasteiger partial charge in [0, 0.05) is 30.8 Å². The summed E-state index contributed by atoms with van der Waals surface area (Å²) >= 11 is 0. The average Bonchev–Trinajstić information content (AvgIpc) is 2.75. The van der Waals surface area contributed by atoms with E-state index in [-0.39, 0.29) is 48.1 Å². The van der Waals surface area contributed by atoms with Gasteiger partial charge in [-0.25, -0.2) is 12.8 Å². The van der Waals surface area contributed by atoms with Gasteiger partial charge in [-0.2, -0.15) is 4.31 Å². The molecule has 0 spiro atoms. The summed E-state index contributed by atoms with van der Waals surface area (Å²) in [5.74, 6) is -0.884. The van der Waals surface area contributed by atoms with E-state index < -0.39 is 10.0 Å². The molecule has 170 valence electrons. The van der Waals surface area contributed by atoms with Crippen LogP contribution in [0.1, 0.15) is 24.0 Å². The number of carbonyl (C=O) groups excluding carboxylic acids is 2. The van der Waals surface area contributed by atoms with Gasteiger partial charge in [-0.1, -0.05) is 0 Å². The summed E-state index contributed by atoms with van der Waals surface area (Å²) in [6, 6.07) is 7.18. The van der Waals surface area contributed by atoms with Crippen LogP contribution in [0.2, 0.25) is 0 Å². The van der Waals surface area contributed by atoms with E-state index in [1.807, 2.05) is 0 Å². The van der Waals surface area contributed by atoms with Crippen LogP contribution in [-0.2, 0) is 19.6 Å². The van der Waals surface area contributed by atoms with Gasteiger partial charge >= 0.3 is 0 Å². The van der Waals surface area contributed by atoms with Crippen molar-refractivity contribution >= 4 is 33.2 Å². The number of piperidine rings is 1. The minimum absolute atomic E-state index is 0.122. The first-order valence-corrected chi connectivity index (χ1v) is 11.7. The lowest BCUT2D eigenvalue weighted by atomic mass is 9.97. The molecule has 0 bridgehead atoms. The second kappa shape index (κ2) is 8.51. The molecule has 2 aliphatic rings. The van der Waals surface area contributed by atoms with Crippen molar-refractivity contribution in [3.8, 4) is 5.75 Å². The summed E-state index contributed by atoms with van der Waals surface area (Å²) < 4.78 is 46.5. The number of aryl methyl sites for hydroxylation is 2. The van der Waals surface area contributed by atoms with E-state index in [4.69, 9.17) is 4.74 Å².